The minimum absolute atomic E-state index is 0.0737. The number of piperidine rings is 1. The van der Waals surface area contributed by atoms with E-state index in [1.54, 1.807) is 0 Å². The molecule has 0 bridgehead atoms. The molecule has 3 heterocycles. The van der Waals surface area contributed by atoms with Crippen molar-refractivity contribution < 1.29 is 4.79 Å². The Morgan fingerprint density at radius 2 is 1.71 bits per heavy atom. The molecule has 1 aromatic heterocycles. The normalized spacial score (nSPS) is 23.3. The van der Waals surface area contributed by atoms with Gasteiger partial charge in [0.1, 0.15) is 6.54 Å². The highest BCUT2D eigenvalue weighted by atomic mass is 16.2. The molecule has 0 N–H and O–H groups in total. The maximum absolute atomic E-state index is 12.7. The lowest BCUT2D eigenvalue weighted by Crippen LogP contribution is -2.48. The molecule has 2 aliphatic heterocycles. The molecule has 0 spiro atoms. The van der Waals surface area contributed by atoms with Gasteiger partial charge in [-0.2, -0.15) is 4.80 Å². The van der Waals surface area contributed by atoms with Gasteiger partial charge in [0.05, 0.1) is 0 Å². The smallest absolute Gasteiger partial charge is 0.246 e. The topological polar surface area (TPSA) is 67.2 Å². The fourth-order valence-corrected chi connectivity index (χ4v) is 4.50. The minimum atomic E-state index is 0.0737. The fraction of sp³-hybridized carbons (Fsp3) is 0.619. The van der Waals surface area contributed by atoms with Crippen LogP contribution in [0.3, 0.4) is 0 Å². The predicted octanol–water partition coefficient (Wildman–Crippen LogP) is 2.73. The van der Waals surface area contributed by atoms with Crippen LogP contribution in [0.15, 0.2) is 24.3 Å². The molecule has 28 heavy (non-hydrogen) atoms. The third-order valence-corrected chi connectivity index (χ3v) is 6.03. The summed E-state index contributed by atoms with van der Waals surface area (Å²) in [4.78, 5) is 18.6. The van der Waals surface area contributed by atoms with E-state index in [-0.39, 0.29) is 24.5 Å². The second kappa shape index (κ2) is 8.39. The van der Waals surface area contributed by atoms with E-state index in [1.807, 2.05) is 17.0 Å². The lowest BCUT2D eigenvalue weighted by atomic mass is 9.97. The van der Waals surface area contributed by atoms with E-state index in [0.717, 1.165) is 24.9 Å². The highest BCUT2D eigenvalue weighted by molar-refractivity contribution is 5.76. The lowest BCUT2D eigenvalue weighted by Gasteiger charge is -2.38. The monoisotopic (exact) mass is 382 g/mol. The molecule has 2 fully saturated rings. The molecular weight excluding hydrogens is 352 g/mol. The Morgan fingerprint density at radius 1 is 1.04 bits per heavy atom. The standard InChI is InChI=1S/C21H30N6O/c1-16-6-5-7-17(2)27(16)20(28)15-26-23-21(22-24-26)19-10-8-18(9-11-19)14-25-12-3-4-13-25/h8-11,16-17H,3-7,12-15H2,1-2H3/t16-,17-/m0/s1. The number of carbonyl (C=O) groups is 1. The maximum Gasteiger partial charge on any atom is 0.246 e. The van der Waals surface area contributed by atoms with E-state index >= 15 is 0 Å². The van der Waals surface area contributed by atoms with Crippen LogP contribution in [-0.2, 0) is 17.9 Å². The maximum atomic E-state index is 12.7. The molecule has 1 aromatic carbocycles. The zero-order chi connectivity index (χ0) is 19.5. The number of rotatable bonds is 5. The van der Waals surface area contributed by atoms with Gasteiger partial charge in [0.2, 0.25) is 11.7 Å². The van der Waals surface area contributed by atoms with Crippen LogP contribution < -0.4 is 0 Å². The van der Waals surface area contributed by atoms with Crippen molar-refractivity contribution in [1.82, 2.24) is 30.0 Å². The molecule has 150 valence electrons. The van der Waals surface area contributed by atoms with E-state index in [2.05, 4.69) is 46.3 Å². The molecule has 0 aliphatic carbocycles. The van der Waals surface area contributed by atoms with Gasteiger partial charge in [-0.05, 0) is 69.8 Å². The first-order chi connectivity index (χ1) is 13.6. The number of nitrogens with zero attached hydrogens (tertiary/aromatic N) is 6. The highest BCUT2D eigenvalue weighted by Gasteiger charge is 2.29. The first-order valence-electron chi connectivity index (χ1n) is 10.5. The Morgan fingerprint density at radius 3 is 2.39 bits per heavy atom. The second-order valence-corrected chi connectivity index (χ2v) is 8.25. The van der Waals surface area contributed by atoms with Crippen LogP contribution in [0.25, 0.3) is 11.4 Å². The Balaban J connectivity index is 1.39. The first kappa shape index (κ1) is 19.1. The number of hydrogen-bond acceptors (Lipinski definition) is 5. The van der Waals surface area contributed by atoms with E-state index in [0.29, 0.717) is 5.82 Å². The van der Waals surface area contributed by atoms with E-state index in [1.165, 1.54) is 42.7 Å². The second-order valence-electron chi connectivity index (χ2n) is 8.25. The van der Waals surface area contributed by atoms with Crippen LogP contribution in [0.2, 0.25) is 0 Å². The van der Waals surface area contributed by atoms with Gasteiger partial charge in [-0.25, -0.2) is 0 Å². The highest BCUT2D eigenvalue weighted by Crippen LogP contribution is 2.23. The number of benzene rings is 1. The summed E-state index contributed by atoms with van der Waals surface area (Å²) in [5, 5.41) is 12.7. The van der Waals surface area contributed by atoms with Crippen molar-refractivity contribution in [2.45, 2.75) is 71.1 Å². The molecule has 7 nitrogen and oxygen atoms in total. The number of hydrogen-bond donors (Lipinski definition) is 0. The van der Waals surface area contributed by atoms with E-state index in [4.69, 9.17) is 0 Å². The lowest BCUT2D eigenvalue weighted by molar-refractivity contribution is -0.138. The van der Waals surface area contributed by atoms with Crippen LogP contribution in [0.5, 0.6) is 0 Å². The molecular formula is C21H30N6O. The van der Waals surface area contributed by atoms with Crippen molar-refractivity contribution >= 4 is 5.91 Å². The Kier molecular flexibility index (Phi) is 5.71. The van der Waals surface area contributed by atoms with Gasteiger partial charge in [0.15, 0.2) is 0 Å². The van der Waals surface area contributed by atoms with E-state index < -0.39 is 0 Å². The molecule has 2 saturated heterocycles. The molecule has 1 amide bonds. The summed E-state index contributed by atoms with van der Waals surface area (Å²) < 4.78 is 0. The summed E-state index contributed by atoms with van der Waals surface area (Å²) >= 11 is 0. The number of aromatic nitrogens is 4. The molecule has 0 radical (unpaired) electrons. The predicted molar refractivity (Wildman–Crippen MR) is 107 cm³/mol. The number of tetrazole rings is 1. The van der Waals surface area contributed by atoms with Crippen LogP contribution in [0, 0.1) is 0 Å². The Labute approximate surface area is 166 Å². The van der Waals surface area contributed by atoms with Crippen LogP contribution >= 0.6 is 0 Å². The minimum Gasteiger partial charge on any atom is -0.336 e. The molecule has 2 aromatic rings. The summed E-state index contributed by atoms with van der Waals surface area (Å²) in [5.41, 5.74) is 2.24. The number of carbonyl (C=O) groups excluding carboxylic acids is 1. The fourth-order valence-electron chi connectivity index (χ4n) is 4.50. The third kappa shape index (κ3) is 4.24. The molecule has 7 heteroatoms. The quantitative estimate of drug-likeness (QED) is 0.795. The summed E-state index contributed by atoms with van der Waals surface area (Å²) in [7, 11) is 0. The van der Waals surface area contributed by atoms with Gasteiger partial charge < -0.3 is 4.90 Å². The summed E-state index contributed by atoms with van der Waals surface area (Å²) in [6.45, 7) is 7.78. The van der Waals surface area contributed by atoms with Gasteiger partial charge >= 0.3 is 0 Å². The number of amides is 1. The van der Waals surface area contributed by atoms with Crippen molar-refractivity contribution in [3.63, 3.8) is 0 Å². The average Bonchev–Trinajstić information content (AvgIpc) is 3.34. The zero-order valence-corrected chi connectivity index (χ0v) is 16.9. The average molecular weight is 383 g/mol. The van der Waals surface area contributed by atoms with Gasteiger partial charge in [-0.1, -0.05) is 24.3 Å². The Hall–Kier alpha value is -2.28. The van der Waals surface area contributed by atoms with Crippen LogP contribution in [0.4, 0.5) is 0 Å². The van der Waals surface area contributed by atoms with Gasteiger partial charge in [0, 0.05) is 24.2 Å². The third-order valence-electron chi connectivity index (χ3n) is 6.03. The molecule has 4 rings (SSSR count). The largest absolute Gasteiger partial charge is 0.336 e. The van der Waals surface area contributed by atoms with Crippen molar-refractivity contribution in [1.29, 1.82) is 0 Å². The van der Waals surface area contributed by atoms with Crippen LogP contribution in [-0.4, -0.2) is 61.1 Å². The molecule has 0 saturated carbocycles. The molecule has 0 unspecified atom stereocenters. The van der Waals surface area contributed by atoms with Crippen molar-refractivity contribution in [3.8, 4) is 11.4 Å². The molecule has 2 aliphatic rings. The summed E-state index contributed by atoms with van der Waals surface area (Å²) in [6, 6.07) is 8.92. The number of likely N-dealkylation sites (tertiary alicyclic amines) is 2. The van der Waals surface area contributed by atoms with Crippen molar-refractivity contribution in [2.75, 3.05) is 13.1 Å². The van der Waals surface area contributed by atoms with Gasteiger partial charge in [-0.3, -0.25) is 9.69 Å². The van der Waals surface area contributed by atoms with Crippen LogP contribution in [0.1, 0.15) is 51.5 Å². The van der Waals surface area contributed by atoms with E-state index in [9.17, 15) is 4.79 Å². The van der Waals surface area contributed by atoms with Crippen molar-refractivity contribution in [2.24, 2.45) is 0 Å². The summed E-state index contributed by atoms with van der Waals surface area (Å²) in [6.07, 6.45) is 5.93. The van der Waals surface area contributed by atoms with Crippen molar-refractivity contribution in [3.05, 3.63) is 29.8 Å². The van der Waals surface area contributed by atoms with Gasteiger partial charge in [0.25, 0.3) is 0 Å². The molecule has 2 atom stereocenters. The Bertz CT molecular complexity index is 785. The van der Waals surface area contributed by atoms with Gasteiger partial charge in [-0.15, -0.1) is 10.2 Å². The summed E-state index contributed by atoms with van der Waals surface area (Å²) in [5.74, 6) is 0.643. The SMILES string of the molecule is C[C@H]1CCC[C@H](C)N1C(=O)Cn1nnc(-c2ccc(CN3CCCC3)cc2)n1. The first-order valence-corrected chi connectivity index (χ1v) is 10.5. The zero-order valence-electron chi connectivity index (χ0n) is 16.9.